The number of halogens is 2. The van der Waals surface area contributed by atoms with Crippen molar-refractivity contribution in [2.75, 3.05) is 33.1 Å². The van der Waals surface area contributed by atoms with Gasteiger partial charge >= 0.3 is 0 Å². The van der Waals surface area contributed by atoms with Crippen LogP contribution in [0.5, 0.6) is 0 Å². The first-order chi connectivity index (χ1) is 11.2. The molecule has 1 fully saturated rings. The summed E-state index contributed by atoms with van der Waals surface area (Å²) in [5.74, 6) is -0.538. The second-order valence-electron chi connectivity index (χ2n) is 5.96. The van der Waals surface area contributed by atoms with E-state index in [1.54, 1.807) is 18.2 Å². The zero-order valence-corrected chi connectivity index (χ0v) is 15.8. The summed E-state index contributed by atoms with van der Waals surface area (Å²) in [6.07, 6.45) is 0.139. The summed E-state index contributed by atoms with van der Waals surface area (Å²) in [4.78, 5) is 12.2. The third-order valence-corrected chi connectivity index (χ3v) is 6.58. The van der Waals surface area contributed by atoms with Crippen LogP contribution in [-0.4, -0.2) is 57.7 Å². The van der Waals surface area contributed by atoms with Crippen molar-refractivity contribution in [2.45, 2.75) is 12.5 Å². The highest BCUT2D eigenvalue weighted by Crippen LogP contribution is 2.23. The molecule has 0 saturated carbocycles. The van der Waals surface area contributed by atoms with E-state index in [0.717, 1.165) is 5.56 Å². The standard InChI is InChI=1S/C15H20Cl2N2O4S/c1-19(2)24(21,22)9-11-7-23-8-14(11)18-15(20)6-10-3-4-12(16)13(17)5-10/h3-5,11,14H,6-9H2,1-2H3,(H,18,20)/t11-,14+/m0/s1. The van der Waals surface area contributed by atoms with Crippen LogP contribution in [0.15, 0.2) is 18.2 Å². The van der Waals surface area contributed by atoms with Crippen molar-refractivity contribution >= 4 is 39.1 Å². The normalized spacial score (nSPS) is 21.2. The SMILES string of the molecule is CN(C)S(=O)(=O)C[C@@H]1COC[C@H]1NC(=O)Cc1ccc(Cl)c(Cl)c1. The van der Waals surface area contributed by atoms with Gasteiger partial charge in [-0.2, -0.15) is 0 Å². The zero-order valence-electron chi connectivity index (χ0n) is 13.5. The Morgan fingerprint density at radius 1 is 1.29 bits per heavy atom. The van der Waals surface area contributed by atoms with E-state index in [0.29, 0.717) is 23.3 Å². The van der Waals surface area contributed by atoms with E-state index >= 15 is 0 Å². The van der Waals surface area contributed by atoms with Crippen molar-refractivity contribution in [3.63, 3.8) is 0 Å². The fourth-order valence-electron chi connectivity index (χ4n) is 2.43. The zero-order chi connectivity index (χ0) is 17.9. The number of nitrogens with zero attached hydrogens (tertiary/aromatic N) is 1. The average molecular weight is 395 g/mol. The van der Waals surface area contributed by atoms with E-state index in [2.05, 4.69) is 5.32 Å². The topological polar surface area (TPSA) is 75.7 Å². The Kier molecular flexibility index (Phi) is 6.50. The van der Waals surface area contributed by atoms with Crippen molar-refractivity contribution in [3.05, 3.63) is 33.8 Å². The number of ether oxygens (including phenoxy) is 1. The first-order valence-corrected chi connectivity index (χ1v) is 9.77. The van der Waals surface area contributed by atoms with Crippen LogP contribution in [0.1, 0.15) is 5.56 Å². The molecule has 1 aromatic carbocycles. The second kappa shape index (κ2) is 8.01. The Hall–Kier alpha value is -0.860. The third kappa shape index (κ3) is 5.07. The van der Waals surface area contributed by atoms with Gasteiger partial charge in [0.1, 0.15) is 0 Å². The van der Waals surface area contributed by atoms with Crippen molar-refractivity contribution in [3.8, 4) is 0 Å². The molecule has 1 aromatic rings. The molecule has 2 atom stereocenters. The fraction of sp³-hybridized carbons (Fsp3) is 0.533. The van der Waals surface area contributed by atoms with Crippen LogP contribution >= 0.6 is 23.2 Å². The lowest BCUT2D eigenvalue weighted by molar-refractivity contribution is -0.121. The Morgan fingerprint density at radius 3 is 2.62 bits per heavy atom. The molecule has 0 unspecified atom stereocenters. The van der Waals surface area contributed by atoms with Gasteiger partial charge in [0, 0.05) is 20.0 Å². The van der Waals surface area contributed by atoms with Crippen molar-refractivity contribution in [1.29, 1.82) is 0 Å². The first-order valence-electron chi connectivity index (χ1n) is 7.40. The van der Waals surface area contributed by atoms with Crippen LogP contribution in [0, 0.1) is 5.92 Å². The molecule has 9 heteroatoms. The molecule has 1 heterocycles. The Bertz CT molecular complexity index is 709. The highest BCUT2D eigenvalue weighted by Gasteiger charge is 2.34. The number of rotatable bonds is 6. The number of hydrogen-bond donors (Lipinski definition) is 1. The van der Waals surface area contributed by atoms with E-state index in [-0.39, 0.29) is 30.0 Å². The van der Waals surface area contributed by atoms with E-state index in [1.165, 1.54) is 18.4 Å². The number of benzene rings is 1. The van der Waals surface area contributed by atoms with Gasteiger partial charge < -0.3 is 10.1 Å². The molecule has 6 nitrogen and oxygen atoms in total. The number of nitrogens with one attached hydrogen (secondary N) is 1. The molecule has 2 rings (SSSR count). The van der Waals surface area contributed by atoms with Crippen LogP contribution < -0.4 is 5.32 Å². The van der Waals surface area contributed by atoms with E-state index in [4.69, 9.17) is 27.9 Å². The van der Waals surface area contributed by atoms with Gasteiger partial charge in [0.05, 0.1) is 41.5 Å². The molecule has 1 amide bonds. The fourth-order valence-corrected chi connectivity index (χ4v) is 3.92. The number of carbonyl (C=O) groups excluding carboxylic acids is 1. The van der Waals surface area contributed by atoms with Crippen LogP contribution in [0.2, 0.25) is 10.0 Å². The molecule has 1 aliphatic heterocycles. The summed E-state index contributed by atoms with van der Waals surface area (Å²) < 4.78 is 30.5. The molecule has 0 bridgehead atoms. The minimum atomic E-state index is -3.35. The van der Waals surface area contributed by atoms with Crippen LogP contribution in [-0.2, 0) is 26.0 Å². The lowest BCUT2D eigenvalue weighted by Gasteiger charge is -2.21. The maximum Gasteiger partial charge on any atom is 0.224 e. The number of amides is 1. The predicted molar refractivity (Wildman–Crippen MR) is 93.9 cm³/mol. The van der Waals surface area contributed by atoms with Gasteiger partial charge in [0.25, 0.3) is 0 Å². The third-order valence-electron chi connectivity index (χ3n) is 3.87. The number of sulfonamides is 1. The van der Waals surface area contributed by atoms with Crippen molar-refractivity contribution in [1.82, 2.24) is 9.62 Å². The Morgan fingerprint density at radius 2 is 2.00 bits per heavy atom. The maximum absolute atomic E-state index is 12.2. The van der Waals surface area contributed by atoms with E-state index in [1.807, 2.05) is 0 Å². The molecule has 0 spiro atoms. The van der Waals surface area contributed by atoms with Gasteiger partial charge in [-0.25, -0.2) is 12.7 Å². The van der Waals surface area contributed by atoms with Gasteiger partial charge in [-0.3, -0.25) is 4.79 Å². The number of carbonyl (C=O) groups is 1. The average Bonchev–Trinajstić information content (AvgIpc) is 2.89. The summed E-state index contributed by atoms with van der Waals surface area (Å²) in [5, 5.41) is 3.67. The molecule has 134 valence electrons. The van der Waals surface area contributed by atoms with Gasteiger partial charge in [0.2, 0.25) is 15.9 Å². The summed E-state index contributed by atoms with van der Waals surface area (Å²) in [7, 11) is -0.371. The quantitative estimate of drug-likeness (QED) is 0.793. The monoisotopic (exact) mass is 394 g/mol. The Labute approximate surface area is 152 Å². The Balaban J connectivity index is 1.96. The van der Waals surface area contributed by atoms with Gasteiger partial charge in [-0.15, -0.1) is 0 Å². The molecular formula is C15H20Cl2N2O4S. The van der Waals surface area contributed by atoms with E-state index < -0.39 is 10.0 Å². The predicted octanol–water partition coefficient (Wildman–Crippen LogP) is 1.56. The summed E-state index contributed by atoms with van der Waals surface area (Å²) in [5.41, 5.74) is 0.735. The van der Waals surface area contributed by atoms with Crippen LogP contribution in [0.25, 0.3) is 0 Å². The smallest absolute Gasteiger partial charge is 0.224 e. The lowest BCUT2D eigenvalue weighted by atomic mass is 10.1. The summed E-state index contributed by atoms with van der Waals surface area (Å²) in [6, 6.07) is 4.68. The number of hydrogen-bond acceptors (Lipinski definition) is 4. The molecule has 1 N–H and O–H groups in total. The van der Waals surface area contributed by atoms with Crippen molar-refractivity contribution < 1.29 is 17.9 Å². The molecule has 0 radical (unpaired) electrons. The molecular weight excluding hydrogens is 375 g/mol. The molecule has 1 saturated heterocycles. The molecule has 24 heavy (non-hydrogen) atoms. The van der Waals surface area contributed by atoms with Gasteiger partial charge in [-0.05, 0) is 17.7 Å². The van der Waals surface area contributed by atoms with Crippen LogP contribution in [0.4, 0.5) is 0 Å². The lowest BCUT2D eigenvalue weighted by Crippen LogP contribution is -2.44. The minimum absolute atomic E-state index is 0.0578. The summed E-state index contributed by atoms with van der Waals surface area (Å²) in [6.45, 7) is 0.617. The van der Waals surface area contributed by atoms with Gasteiger partial charge in [0.15, 0.2) is 0 Å². The van der Waals surface area contributed by atoms with E-state index in [9.17, 15) is 13.2 Å². The first kappa shape index (κ1) is 19.5. The maximum atomic E-state index is 12.2. The van der Waals surface area contributed by atoms with Crippen molar-refractivity contribution in [2.24, 2.45) is 5.92 Å². The van der Waals surface area contributed by atoms with Crippen LogP contribution in [0.3, 0.4) is 0 Å². The highest BCUT2D eigenvalue weighted by molar-refractivity contribution is 7.89. The minimum Gasteiger partial charge on any atom is -0.379 e. The second-order valence-corrected chi connectivity index (χ2v) is 9.00. The van der Waals surface area contributed by atoms with Gasteiger partial charge in [-0.1, -0.05) is 29.3 Å². The molecule has 0 aromatic heterocycles. The molecule has 1 aliphatic rings. The molecule has 0 aliphatic carbocycles. The largest absolute Gasteiger partial charge is 0.379 e. The highest BCUT2D eigenvalue weighted by atomic mass is 35.5. The summed E-state index contributed by atoms with van der Waals surface area (Å²) >= 11 is 11.8.